The molecule has 4 atom stereocenters. The standard InChI is InChI=1S/C36H51N6O12P/c1-22(2)53-35(46)49-20-51-55(48,52-21-50-36(47)54-23(3)4)19-24-9-11-28-26(15-24)16-30(40-28)32(43)41-29-8-6-5-7-27-10-12-31(42(27)34(29)45)33(44)37-14-13-25-17-38-39-18-25/h9,11,15-18,22-23,27,29,31,34,40,45H,5-8,10,12-14,19-21H2,1-4H3,(H,37,44)(H,38,39)(H,41,43). The van der Waals surface area contributed by atoms with Gasteiger partial charge in [0.1, 0.15) is 11.9 Å². The Bertz CT molecular complexity index is 1770. The number of ether oxygens (including phenoxy) is 4. The molecule has 18 nitrogen and oxygen atoms in total. The van der Waals surface area contributed by atoms with Crippen molar-refractivity contribution < 1.29 is 56.8 Å². The van der Waals surface area contributed by atoms with Gasteiger partial charge in [0.25, 0.3) is 5.91 Å². The van der Waals surface area contributed by atoms with E-state index in [0.29, 0.717) is 42.3 Å². The lowest BCUT2D eigenvalue weighted by Gasteiger charge is -2.39. The molecule has 2 aliphatic heterocycles. The van der Waals surface area contributed by atoms with Crippen molar-refractivity contribution in [1.82, 2.24) is 30.7 Å². The highest BCUT2D eigenvalue weighted by Gasteiger charge is 2.44. The van der Waals surface area contributed by atoms with E-state index in [2.05, 4.69) is 25.8 Å². The molecule has 4 unspecified atom stereocenters. The molecule has 19 heteroatoms. The maximum atomic E-state index is 13.8. The highest BCUT2D eigenvalue weighted by atomic mass is 31.2. The molecular formula is C36H51N6O12P. The third kappa shape index (κ3) is 12.0. The molecule has 0 spiro atoms. The predicted molar refractivity (Wildman–Crippen MR) is 197 cm³/mol. The van der Waals surface area contributed by atoms with E-state index in [1.54, 1.807) is 64.4 Å². The monoisotopic (exact) mass is 790 g/mol. The Morgan fingerprint density at radius 1 is 0.945 bits per heavy atom. The summed E-state index contributed by atoms with van der Waals surface area (Å²) in [6.45, 7) is 5.43. The number of amides is 2. The molecule has 55 heavy (non-hydrogen) atoms. The zero-order valence-electron chi connectivity index (χ0n) is 31.5. The number of benzene rings is 1. The first-order valence-corrected chi connectivity index (χ1v) is 20.2. The largest absolute Gasteiger partial charge is 0.510 e. The number of fused-ring (bicyclic) bond motifs is 2. The molecule has 2 aromatic heterocycles. The van der Waals surface area contributed by atoms with Crippen molar-refractivity contribution in [2.75, 3.05) is 20.1 Å². The number of rotatable bonds is 16. The van der Waals surface area contributed by atoms with Gasteiger partial charge >= 0.3 is 19.9 Å². The summed E-state index contributed by atoms with van der Waals surface area (Å²) in [5.41, 5.74) is 2.30. The van der Waals surface area contributed by atoms with Crippen LogP contribution in [0.1, 0.15) is 87.8 Å². The van der Waals surface area contributed by atoms with Gasteiger partial charge in [-0.15, -0.1) is 0 Å². The zero-order valence-corrected chi connectivity index (χ0v) is 32.4. The van der Waals surface area contributed by atoms with E-state index < -0.39 is 69.9 Å². The van der Waals surface area contributed by atoms with E-state index in [9.17, 15) is 28.8 Å². The Labute approximate surface area is 318 Å². The Balaban J connectivity index is 1.23. The summed E-state index contributed by atoms with van der Waals surface area (Å²) < 4.78 is 44.0. The highest BCUT2D eigenvalue weighted by molar-refractivity contribution is 7.53. The second-order valence-corrected chi connectivity index (χ2v) is 16.2. The third-order valence-electron chi connectivity index (χ3n) is 9.23. The Morgan fingerprint density at radius 3 is 2.29 bits per heavy atom. The lowest BCUT2D eigenvalue weighted by molar-refractivity contribution is -0.133. The lowest BCUT2D eigenvalue weighted by Crippen LogP contribution is -2.59. The molecule has 5 N–H and O–H groups in total. The van der Waals surface area contributed by atoms with Gasteiger partial charge in [0.15, 0.2) is 0 Å². The normalized spacial score (nSPS) is 20.4. The van der Waals surface area contributed by atoms with Gasteiger partial charge in [-0.3, -0.25) is 33.2 Å². The molecule has 2 amide bonds. The Morgan fingerprint density at radius 2 is 1.64 bits per heavy atom. The van der Waals surface area contributed by atoms with E-state index >= 15 is 0 Å². The van der Waals surface area contributed by atoms with Crippen molar-refractivity contribution in [3.8, 4) is 0 Å². The van der Waals surface area contributed by atoms with Gasteiger partial charge in [-0.1, -0.05) is 18.9 Å². The fourth-order valence-electron chi connectivity index (χ4n) is 6.74. The van der Waals surface area contributed by atoms with Crippen molar-refractivity contribution in [3.63, 3.8) is 0 Å². The summed E-state index contributed by atoms with van der Waals surface area (Å²) in [5.74, 6) is -0.586. The number of nitrogens with zero attached hydrogens (tertiary/aromatic N) is 2. The molecular weight excluding hydrogens is 739 g/mol. The second-order valence-electron chi connectivity index (χ2n) is 14.1. The number of carbonyl (C=O) groups is 4. The van der Waals surface area contributed by atoms with Crippen molar-refractivity contribution in [1.29, 1.82) is 0 Å². The van der Waals surface area contributed by atoms with E-state index in [1.165, 1.54) is 0 Å². The number of hydrogen-bond acceptors (Lipinski definition) is 14. The molecule has 302 valence electrons. The van der Waals surface area contributed by atoms with Crippen LogP contribution in [0.3, 0.4) is 0 Å². The molecule has 4 heterocycles. The lowest BCUT2D eigenvalue weighted by atomic mass is 9.98. The molecule has 0 saturated carbocycles. The van der Waals surface area contributed by atoms with Crippen molar-refractivity contribution in [3.05, 3.63) is 53.5 Å². The number of hydrogen-bond donors (Lipinski definition) is 5. The third-order valence-corrected chi connectivity index (χ3v) is 11.0. The minimum absolute atomic E-state index is 0.0237. The van der Waals surface area contributed by atoms with Crippen LogP contribution in [0.15, 0.2) is 36.7 Å². The summed E-state index contributed by atoms with van der Waals surface area (Å²) in [6, 6.07) is 5.52. The first-order chi connectivity index (χ1) is 26.3. The van der Waals surface area contributed by atoms with Gasteiger partial charge in [0, 0.05) is 29.7 Å². The van der Waals surface area contributed by atoms with Crippen LogP contribution >= 0.6 is 7.60 Å². The quantitative estimate of drug-likeness (QED) is 0.0743. The number of nitrogens with one attached hydrogen (secondary N) is 4. The van der Waals surface area contributed by atoms with Crippen LogP contribution < -0.4 is 10.6 Å². The number of aliphatic hydroxyl groups is 1. The summed E-state index contributed by atoms with van der Waals surface area (Å²) in [6.07, 6.45) is 4.26. The van der Waals surface area contributed by atoms with Gasteiger partial charge in [0.2, 0.25) is 19.5 Å². The average molecular weight is 791 g/mol. The van der Waals surface area contributed by atoms with Gasteiger partial charge in [0.05, 0.1) is 36.7 Å². The number of aliphatic hydroxyl groups excluding tert-OH is 1. The number of carbonyl (C=O) groups excluding carboxylic acids is 4. The summed E-state index contributed by atoms with van der Waals surface area (Å²) >= 11 is 0. The van der Waals surface area contributed by atoms with E-state index in [1.807, 2.05) is 4.90 Å². The van der Waals surface area contributed by atoms with Crippen LogP contribution in [0, 0.1) is 0 Å². The van der Waals surface area contributed by atoms with E-state index in [-0.39, 0.29) is 23.8 Å². The zero-order chi connectivity index (χ0) is 39.5. The first-order valence-electron chi connectivity index (χ1n) is 18.5. The molecule has 0 radical (unpaired) electrons. The van der Waals surface area contributed by atoms with Crippen LogP contribution in [0.2, 0.25) is 0 Å². The second kappa shape index (κ2) is 19.4. The molecule has 0 aliphatic carbocycles. The number of aromatic nitrogens is 3. The summed E-state index contributed by atoms with van der Waals surface area (Å²) in [7, 11) is -4.11. The highest BCUT2D eigenvalue weighted by Crippen LogP contribution is 2.51. The van der Waals surface area contributed by atoms with Crippen molar-refractivity contribution in [2.45, 2.75) is 115 Å². The van der Waals surface area contributed by atoms with Crippen molar-refractivity contribution >= 4 is 42.6 Å². The SMILES string of the molecule is CC(C)OC(=O)OCOP(=O)(Cc1ccc2[nH]c(C(=O)NC3CCCCC4CCC(C(=O)NCCc5cn[nH]c5)N4C3O)cc2c1)OCOC(=O)OC(C)C. The number of H-pyrrole nitrogens is 2. The molecule has 0 bridgehead atoms. The summed E-state index contributed by atoms with van der Waals surface area (Å²) in [4.78, 5) is 55.6. The number of aromatic amines is 2. The maximum Gasteiger partial charge on any atom is 0.510 e. The molecule has 5 rings (SSSR count). The van der Waals surface area contributed by atoms with Crippen LogP contribution in [0.4, 0.5) is 9.59 Å². The van der Waals surface area contributed by atoms with Gasteiger partial charge in [-0.25, -0.2) is 9.59 Å². The Hall–Kier alpha value is -4.48. The smallest absolute Gasteiger partial charge is 0.432 e. The van der Waals surface area contributed by atoms with Gasteiger partial charge < -0.3 is 39.7 Å². The summed E-state index contributed by atoms with van der Waals surface area (Å²) in [5, 5.41) is 25.0. The van der Waals surface area contributed by atoms with Crippen LogP contribution in [0.5, 0.6) is 0 Å². The van der Waals surface area contributed by atoms with Crippen LogP contribution in [-0.4, -0.2) is 106 Å². The molecule has 3 aromatic rings. The molecule has 2 aliphatic rings. The van der Waals surface area contributed by atoms with E-state index in [4.69, 9.17) is 28.0 Å². The maximum absolute atomic E-state index is 13.8. The minimum atomic E-state index is -4.11. The van der Waals surface area contributed by atoms with Crippen LogP contribution in [0.25, 0.3) is 10.9 Å². The first kappa shape index (κ1) is 41.7. The van der Waals surface area contributed by atoms with E-state index in [0.717, 1.165) is 31.2 Å². The molecule has 2 fully saturated rings. The molecule has 2 saturated heterocycles. The van der Waals surface area contributed by atoms with Gasteiger partial charge in [-0.2, -0.15) is 5.10 Å². The average Bonchev–Trinajstić information content (AvgIpc) is 3.88. The fraction of sp³-hybridized carbons (Fsp3) is 0.583. The van der Waals surface area contributed by atoms with Gasteiger partial charge in [-0.05, 0) is 89.1 Å². The predicted octanol–water partition coefficient (Wildman–Crippen LogP) is 4.84. The molecule has 1 aromatic carbocycles. The minimum Gasteiger partial charge on any atom is -0.432 e. The van der Waals surface area contributed by atoms with Crippen LogP contribution in [-0.2, 0) is 49.9 Å². The topological polar surface area (TPSA) is 233 Å². The van der Waals surface area contributed by atoms with Crippen molar-refractivity contribution in [2.24, 2.45) is 0 Å². The fourth-order valence-corrected chi connectivity index (χ4v) is 8.06. The Kier molecular flexibility index (Phi) is 14.7.